The molecule has 5 rings (SSSR count). The van der Waals surface area contributed by atoms with E-state index in [0.29, 0.717) is 0 Å². The number of hydrogen-bond donors (Lipinski definition) is 2. The zero-order chi connectivity index (χ0) is 21.2. The van der Waals surface area contributed by atoms with Crippen LogP contribution in [0.25, 0.3) is 5.69 Å². The summed E-state index contributed by atoms with van der Waals surface area (Å²) < 4.78 is 1.88. The van der Waals surface area contributed by atoms with Gasteiger partial charge in [0.2, 0.25) is 0 Å². The van der Waals surface area contributed by atoms with Crippen molar-refractivity contribution in [3.05, 3.63) is 77.5 Å². The molecule has 2 amide bonds. The molecule has 6 heteroatoms. The molecule has 3 aromatic rings. The van der Waals surface area contributed by atoms with Gasteiger partial charge in [0.15, 0.2) is 0 Å². The molecule has 6 nitrogen and oxygen atoms in total. The summed E-state index contributed by atoms with van der Waals surface area (Å²) in [5.74, 6) is 1.09. The number of aromatic nitrogens is 2. The maximum absolute atomic E-state index is 13.1. The zero-order valence-electron chi connectivity index (χ0n) is 17.9. The second kappa shape index (κ2) is 8.55. The van der Waals surface area contributed by atoms with E-state index in [4.69, 9.17) is 5.10 Å². The lowest BCUT2D eigenvalue weighted by Gasteiger charge is -2.21. The molecule has 2 unspecified atom stereocenters. The van der Waals surface area contributed by atoms with Gasteiger partial charge in [0.25, 0.3) is 0 Å². The molecule has 2 atom stereocenters. The summed E-state index contributed by atoms with van der Waals surface area (Å²) in [5.41, 5.74) is 4.51. The first kappa shape index (κ1) is 19.8. The SMILES string of the molecule is CCN1CC(NC(=O)Nc2c3c(nn2-c2ccccc2)CCC3)C(c2ccccc2)C1. The van der Waals surface area contributed by atoms with Crippen molar-refractivity contribution >= 4 is 11.8 Å². The van der Waals surface area contributed by atoms with E-state index in [9.17, 15) is 4.79 Å². The second-order valence-electron chi connectivity index (χ2n) is 8.45. The van der Waals surface area contributed by atoms with Gasteiger partial charge < -0.3 is 10.2 Å². The first-order valence-corrected chi connectivity index (χ1v) is 11.2. The van der Waals surface area contributed by atoms with Gasteiger partial charge in [0.05, 0.1) is 17.4 Å². The van der Waals surface area contributed by atoms with Gasteiger partial charge in [0.1, 0.15) is 5.82 Å². The summed E-state index contributed by atoms with van der Waals surface area (Å²) in [6.45, 7) is 4.98. The predicted octanol–water partition coefficient (Wildman–Crippen LogP) is 3.97. The van der Waals surface area contributed by atoms with Crippen molar-refractivity contribution in [1.82, 2.24) is 20.0 Å². The Labute approximate surface area is 183 Å². The fourth-order valence-corrected chi connectivity index (χ4v) is 4.92. The first-order chi connectivity index (χ1) is 15.2. The number of nitrogens with one attached hydrogen (secondary N) is 2. The molecule has 0 radical (unpaired) electrons. The number of carbonyl (C=O) groups excluding carboxylic acids is 1. The smallest absolute Gasteiger partial charge is 0.320 e. The normalized spacial score (nSPS) is 20.5. The topological polar surface area (TPSA) is 62.2 Å². The summed E-state index contributed by atoms with van der Waals surface area (Å²) in [7, 11) is 0. The average molecular weight is 416 g/mol. The Morgan fingerprint density at radius 2 is 1.77 bits per heavy atom. The lowest BCUT2D eigenvalue weighted by molar-refractivity contribution is 0.247. The van der Waals surface area contributed by atoms with Crippen molar-refractivity contribution in [2.75, 3.05) is 25.0 Å². The number of benzene rings is 2. The van der Waals surface area contributed by atoms with Crippen LogP contribution in [0.15, 0.2) is 60.7 Å². The molecule has 0 bridgehead atoms. The molecule has 2 heterocycles. The Kier molecular flexibility index (Phi) is 5.47. The lowest BCUT2D eigenvalue weighted by Crippen LogP contribution is -2.42. The monoisotopic (exact) mass is 415 g/mol. The minimum absolute atomic E-state index is 0.0727. The summed E-state index contributed by atoms with van der Waals surface area (Å²) in [4.78, 5) is 15.5. The van der Waals surface area contributed by atoms with Crippen LogP contribution >= 0.6 is 0 Å². The van der Waals surface area contributed by atoms with Gasteiger partial charge in [0, 0.05) is 24.6 Å². The number of likely N-dealkylation sites (N-methyl/N-ethyl adjacent to an activating group) is 1. The molecular formula is C25H29N5O. The molecule has 1 aromatic heterocycles. The minimum atomic E-state index is -0.157. The summed E-state index contributed by atoms with van der Waals surface area (Å²) in [6.07, 6.45) is 3.01. The predicted molar refractivity (Wildman–Crippen MR) is 123 cm³/mol. The van der Waals surface area contributed by atoms with Gasteiger partial charge in [-0.05, 0) is 43.5 Å². The van der Waals surface area contributed by atoms with Crippen molar-refractivity contribution < 1.29 is 4.79 Å². The Morgan fingerprint density at radius 1 is 1.03 bits per heavy atom. The number of likely N-dealkylation sites (tertiary alicyclic amines) is 1. The van der Waals surface area contributed by atoms with E-state index in [2.05, 4.69) is 46.7 Å². The zero-order valence-corrected chi connectivity index (χ0v) is 17.9. The van der Waals surface area contributed by atoms with Crippen LogP contribution in [0.5, 0.6) is 0 Å². The highest BCUT2D eigenvalue weighted by Gasteiger charge is 2.34. The van der Waals surface area contributed by atoms with Crippen LogP contribution in [-0.2, 0) is 12.8 Å². The van der Waals surface area contributed by atoms with Crippen LogP contribution in [0.3, 0.4) is 0 Å². The third-order valence-electron chi connectivity index (χ3n) is 6.53. The van der Waals surface area contributed by atoms with E-state index in [0.717, 1.165) is 56.1 Å². The van der Waals surface area contributed by atoms with Crippen molar-refractivity contribution in [2.24, 2.45) is 0 Å². The van der Waals surface area contributed by atoms with E-state index >= 15 is 0 Å². The molecule has 160 valence electrons. The highest BCUT2D eigenvalue weighted by molar-refractivity contribution is 5.90. The van der Waals surface area contributed by atoms with Gasteiger partial charge in [-0.1, -0.05) is 55.5 Å². The third-order valence-corrected chi connectivity index (χ3v) is 6.53. The van der Waals surface area contributed by atoms with Crippen LogP contribution in [-0.4, -0.2) is 46.4 Å². The van der Waals surface area contributed by atoms with Crippen molar-refractivity contribution in [3.63, 3.8) is 0 Å². The van der Waals surface area contributed by atoms with Crippen LogP contribution in [0.2, 0.25) is 0 Å². The highest BCUT2D eigenvalue weighted by Crippen LogP contribution is 2.31. The molecule has 1 aliphatic heterocycles. The maximum Gasteiger partial charge on any atom is 0.320 e. The fourth-order valence-electron chi connectivity index (χ4n) is 4.92. The lowest BCUT2D eigenvalue weighted by atomic mass is 9.94. The molecule has 1 aliphatic carbocycles. The van der Waals surface area contributed by atoms with Crippen molar-refractivity contribution in [3.8, 4) is 5.69 Å². The summed E-state index contributed by atoms with van der Waals surface area (Å²) >= 11 is 0. The quantitative estimate of drug-likeness (QED) is 0.663. The number of hydrogen-bond acceptors (Lipinski definition) is 3. The third kappa shape index (κ3) is 3.95. The average Bonchev–Trinajstić information content (AvgIpc) is 3.51. The number of anilines is 1. The number of fused-ring (bicyclic) bond motifs is 1. The van der Waals surface area contributed by atoms with Gasteiger partial charge in [-0.25, -0.2) is 9.48 Å². The second-order valence-corrected chi connectivity index (χ2v) is 8.45. The Bertz CT molecular complexity index is 1050. The molecule has 0 saturated carbocycles. The van der Waals surface area contributed by atoms with Gasteiger partial charge in [-0.3, -0.25) is 5.32 Å². The van der Waals surface area contributed by atoms with Crippen LogP contribution in [0.4, 0.5) is 10.6 Å². The molecule has 31 heavy (non-hydrogen) atoms. The van der Waals surface area contributed by atoms with Crippen molar-refractivity contribution in [2.45, 2.75) is 38.1 Å². The Balaban J connectivity index is 1.37. The Morgan fingerprint density at radius 3 is 2.52 bits per heavy atom. The van der Waals surface area contributed by atoms with Gasteiger partial charge in [-0.15, -0.1) is 0 Å². The summed E-state index contributed by atoms with van der Waals surface area (Å²) in [5, 5.41) is 11.2. The maximum atomic E-state index is 13.1. The Hall–Kier alpha value is -3.12. The van der Waals surface area contributed by atoms with E-state index < -0.39 is 0 Å². The number of amides is 2. The molecule has 1 saturated heterocycles. The van der Waals surface area contributed by atoms with E-state index in [1.165, 1.54) is 11.1 Å². The van der Waals surface area contributed by atoms with Crippen LogP contribution < -0.4 is 10.6 Å². The number of rotatable bonds is 5. The number of urea groups is 1. The van der Waals surface area contributed by atoms with Crippen LogP contribution in [0, 0.1) is 0 Å². The molecule has 2 N–H and O–H groups in total. The molecule has 1 fully saturated rings. The largest absolute Gasteiger partial charge is 0.333 e. The van der Waals surface area contributed by atoms with Gasteiger partial charge >= 0.3 is 6.03 Å². The van der Waals surface area contributed by atoms with E-state index in [-0.39, 0.29) is 18.0 Å². The highest BCUT2D eigenvalue weighted by atomic mass is 16.2. The molecule has 2 aromatic carbocycles. The number of nitrogens with zero attached hydrogens (tertiary/aromatic N) is 3. The van der Waals surface area contributed by atoms with E-state index in [1.54, 1.807) is 0 Å². The standard InChI is InChI=1S/C25H29N5O/c1-2-29-16-21(18-10-5-3-6-11-18)23(17-29)26-25(31)27-24-20-14-9-15-22(20)28-30(24)19-12-7-4-8-13-19/h3-8,10-13,21,23H,2,9,14-17H2,1H3,(H2,26,27,31). The number of aryl methyl sites for hydroxylation is 1. The van der Waals surface area contributed by atoms with E-state index in [1.807, 2.05) is 41.1 Å². The molecular weight excluding hydrogens is 386 g/mol. The fraction of sp³-hybridized carbons (Fsp3) is 0.360. The van der Waals surface area contributed by atoms with Crippen molar-refractivity contribution in [1.29, 1.82) is 0 Å². The van der Waals surface area contributed by atoms with Gasteiger partial charge in [-0.2, -0.15) is 5.10 Å². The summed E-state index contributed by atoms with van der Waals surface area (Å²) in [6, 6.07) is 20.4. The van der Waals surface area contributed by atoms with Crippen LogP contribution in [0.1, 0.15) is 36.1 Å². The number of carbonyl (C=O) groups is 1. The first-order valence-electron chi connectivity index (χ1n) is 11.2. The molecule has 0 spiro atoms. The minimum Gasteiger partial charge on any atom is -0.333 e. The molecule has 2 aliphatic rings. The number of para-hydroxylation sites is 1.